The summed E-state index contributed by atoms with van der Waals surface area (Å²) < 4.78 is 16.6. The number of carbonyl (C=O) groups excluding carboxylic acids is 1. The molecule has 1 N–H and O–H groups in total. The van der Waals surface area contributed by atoms with E-state index < -0.39 is 0 Å². The molecule has 2 aromatic carbocycles. The molecule has 1 aliphatic rings. The molecule has 0 bridgehead atoms. The summed E-state index contributed by atoms with van der Waals surface area (Å²) in [5, 5.41) is 3.18. The second-order valence-electron chi connectivity index (χ2n) is 7.26. The van der Waals surface area contributed by atoms with E-state index in [9.17, 15) is 4.79 Å². The summed E-state index contributed by atoms with van der Waals surface area (Å²) in [7, 11) is 1.62. The van der Waals surface area contributed by atoms with Crippen LogP contribution in [0.5, 0.6) is 11.5 Å². The lowest BCUT2D eigenvalue weighted by molar-refractivity contribution is 0.0931. The Labute approximate surface area is 170 Å². The van der Waals surface area contributed by atoms with Crippen molar-refractivity contribution >= 4 is 5.91 Å². The van der Waals surface area contributed by atoms with E-state index in [4.69, 9.17) is 13.9 Å². The number of hydrogen-bond donors (Lipinski definition) is 1. The number of fused-ring (bicyclic) bond motifs is 1. The molecule has 29 heavy (non-hydrogen) atoms. The molecule has 1 amide bonds. The molecule has 0 fully saturated rings. The molecule has 150 valence electrons. The minimum absolute atomic E-state index is 0.0424. The highest BCUT2D eigenvalue weighted by Gasteiger charge is 2.24. The predicted molar refractivity (Wildman–Crippen MR) is 110 cm³/mol. The molecule has 5 nitrogen and oxygen atoms in total. The number of amides is 1. The van der Waals surface area contributed by atoms with Gasteiger partial charge in [-0.2, -0.15) is 0 Å². The first-order valence-corrected chi connectivity index (χ1v) is 9.89. The maximum absolute atomic E-state index is 12.9. The van der Waals surface area contributed by atoms with E-state index >= 15 is 0 Å². The number of benzene rings is 2. The molecular weight excluding hydrogens is 366 g/mol. The fraction of sp³-hybridized carbons (Fsp3) is 0.292. The summed E-state index contributed by atoms with van der Waals surface area (Å²) in [5.74, 6) is 2.59. The normalized spacial score (nSPS) is 15.4. The summed E-state index contributed by atoms with van der Waals surface area (Å²) in [4.78, 5) is 12.9. The van der Waals surface area contributed by atoms with Crippen molar-refractivity contribution in [2.24, 2.45) is 0 Å². The van der Waals surface area contributed by atoms with Gasteiger partial charge >= 0.3 is 0 Å². The van der Waals surface area contributed by atoms with Gasteiger partial charge in [0.1, 0.15) is 29.6 Å². The van der Waals surface area contributed by atoms with Gasteiger partial charge in [-0.3, -0.25) is 4.79 Å². The number of nitrogens with one attached hydrogen (secondary N) is 1. The first kappa shape index (κ1) is 19.1. The third-order valence-electron chi connectivity index (χ3n) is 5.33. The Bertz CT molecular complexity index is 990. The topological polar surface area (TPSA) is 60.7 Å². The van der Waals surface area contributed by atoms with E-state index in [-0.39, 0.29) is 18.6 Å². The number of furan rings is 1. The molecule has 0 aliphatic heterocycles. The van der Waals surface area contributed by atoms with Crippen LogP contribution in [0.2, 0.25) is 0 Å². The van der Waals surface area contributed by atoms with Crippen molar-refractivity contribution in [1.82, 2.24) is 5.32 Å². The fourth-order valence-electron chi connectivity index (χ4n) is 3.81. The molecule has 4 rings (SSSR count). The summed E-state index contributed by atoms with van der Waals surface area (Å²) in [5.41, 5.74) is 3.10. The fourth-order valence-corrected chi connectivity index (χ4v) is 3.81. The van der Waals surface area contributed by atoms with Crippen molar-refractivity contribution in [1.29, 1.82) is 0 Å². The van der Waals surface area contributed by atoms with E-state index in [2.05, 4.69) is 23.5 Å². The van der Waals surface area contributed by atoms with Crippen molar-refractivity contribution < 1.29 is 18.7 Å². The van der Waals surface area contributed by atoms with Crippen LogP contribution in [-0.2, 0) is 13.0 Å². The van der Waals surface area contributed by atoms with E-state index in [0.717, 1.165) is 25.0 Å². The Kier molecular flexibility index (Phi) is 5.56. The van der Waals surface area contributed by atoms with E-state index in [0.29, 0.717) is 22.8 Å². The molecule has 0 saturated heterocycles. The summed E-state index contributed by atoms with van der Waals surface area (Å²) in [6.07, 6.45) is 3.10. The van der Waals surface area contributed by atoms with Crippen LogP contribution < -0.4 is 14.8 Å². The van der Waals surface area contributed by atoms with E-state index in [1.807, 2.05) is 30.3 Å². The molecule has 3 aromatic rings. The zero-order chi connectivity index (χ0) is 20.2. The van der Waals surface area contributed by atoms with Crippen LogP contribution >= 0.6 is 0 Å². The first-order valence-electron chi connectivity index (χ1n) is 9.89. The highest BCUT2D eigenvalue weighted by Crippen LogP contribution is 2.30. The third kappa shape index (κ3) is 4.29. The maximum Gasteiger partial charge on any atom is 0.255 e. The number of rotatable bonds is 6. The molecule has 0 spiro atoms. The van der Waals surface area contributed by atoms with Crippen molar-refractivity contribution in [3.05, 3.63) is 82.8 Å². The van der Waals surface area contributed by atoms with Crippen LogP contribution in [0.3, 0.4) is 0 Å². The van der Waals surface area contributed by atoms with Gasteiger partial charge in [-0.15, -0.1) is 0 Å². The van der Waals surface area contributed by atoms with Crippen LogP contribution in [0.4, 0.5) is 0 Å². The van der Waals surface area contributed by atoms with Gasteiger partial charge in [-0.25, -0.2) is 0 Å². The Morgan fingerprint density at radius 1 is 1.14 bits per heavy atom. The SMILES string of the molecule is COc1ccc(OCc2cc(C(=O)N[C@@H]3CCCc4ccccc43)c(C)o2)cc1. The van der Waals surface area contributed by atoms with Crippen LogP contribution in [-0.4, -0.2) is 13.0 Å². The number of aryl methyl sites for hydroxylation is 2. The molecule has 0 unspecified atom stereocenters. The van der Waals surface area contributed by atoms with Crippen LogP contribution in [0.25, 0.3) is 0 Å². The second-order valence-corrected chi connectivity index (χ2v) is 7.26. The van der Waals surface area contributed by atoms with Crippen molar-refractivity contribution in [2.75, 3.05) is 7.11 Å². The summed E-state index contributed by atoms with van der Waals surface area (Å²) in [6.45, 7) is 2.06. The molecule has 1 aromatic heterocycles. The van der Waals surface area contributed by atoms with Gasteiger partial charge in [0.05, 0.1) is 18.7 Å². The summed E-state index contributed by atoms with van der Waals surface area (Å²) in [6, 6.07) is 17.5. The first-order chi connectivity index (χ1) is 14.1. The van der Waals surface area contributed by atoms with Gasteiger partial charge in [-0.05, 0) is 67.6 Å². The molecule has 0 saturated carbocycles. The Morgan fingerprint density at radius 3 is 2.69 bits per heavy atom. The highest BCUT2D eigenvalue weighted by molar-refractivity contribution is 5.95. The summed E-state index contributed by atoms with van der Waals surface area (Å²) >= 11 is 0. The maximum atomic E-state index is 12.9. The van der Waals surface area contributed by atoms with E-state index in [1.54, 1.807) is 20.1 Å². The Hall–Kier alpha value is -3.21. The van der Waals surface area contributed by atoms with Crippen molar-refractivity contribution in [3.63, 3.8) is 0 Å². The number of carbonyl (C=O) groups is 1. The van der Waals surface area contributed by atoms with Gasteiger partial charge in [0.15, 0.2) is 0 Å². The second kappa shape index (κ2) is 8.43. The quantitative estimate of drug-likeness (QED) is 0.644. The van der Waals surface area contributed by atoms with Gasteiger partial charge in [0.25, 0.3) is 5.91 Å². The number of hydrogen-bond acceptors (Lipinski definition) is 4. The van der Waals surface area contributed by atoms with Gasteiger partial charge in [0, 0.05) is 0 Å². The average molecular weight is 391 g/mol. The van der Waals surface area contributed by atoms with Gasteiger partial charge in [0.2, 0.25) is 0 Å². The molecule has 0 radical (unpaired) electrons. The largest absolute Gasteiger partial charge is 0.497 e. The van der Waals surface area contributed by atoms with E-state index in [1.165, 1.54) is 11.1 Å². The lowest BCUT2D eigenvalue weighted by Gasteiger charge is -2.26. The smallest absolute Gasteiger partial charge is 0.255 e. The third-order valence-corrected chi connectivity index (χ3v) is 5.33. The molecule has 1 aliphatic carbocycles. The Balaban J connectivity index is 1.41. The minimum Gasteiger partial charge on any atom is -0.497 e. The van der Waals surface area contributed by atoms with Gasteiger partial charge in [-0.1, -0.05) is 24.3 Å². The molecule has 1 atom stereocenters. The van der Waals surface area contributed by atoms with Crippen molar-refractivity contribution in [2.45, 2.75) is 38.8 Å². The standard InChI is InChI=1S/C24H25NO4/c1-16-22(14-20(29-16)15-28-19-12-10-18(27-2)11-13-19)24(26)25-23-9-5-7-17-6-3-4-8-21(17)23/h3-4,6,8,10-14,23H,5,7,9,15H2,1-2H3,(H,25,26)/t23-/m1/s1. The predicted octanol–water partition coefficient (Wildman–Crippen LogP) is 4.98. The zero-order valence-electron chi connectivity index (χ0n) is 16.7. The number of methoxy groups -OCH3 is 1. The molecule has 1 heterocycles. The zero-order valence-corrected chi connectivity index (χ0v) is 16.7. The average Bonchev–Trinajstić information content (AvgIpc) is 3.13. The highest BCUT2D eigenvalue weighted by atomic mass is 16.5. The van der Waals surface area contributed by atoms with Crippen molar-refractivity contribution in [3.8, 4) is 11.5 Å². The van der Waals surface area contributed by atoms with Crippen LogP contribution in [0, 0.1) is 6.92 Å². The lowest BCUT2D eigenvalue weighted by Crippen LogP contribution is -2.31. The number of ether oxygens (including phenoxy) is 2. The monoisotopic (exact) mass is 391 g/mol. The van der Waals surface area contributed by atoms with Gasteiger partial charge < -0.3 is 19.2 Å². The molecule has 5 heteroatoms. The van der Waals surface area contributed by atoms with Crippen LogP contribution in [0.15, 0.2) is 59.0 Å². The Morgan fingerprint density at radius 2 is 1.90 bits per heavy atom. The minimum atomic E-state index is -0.108. The van der Waals surface area contributed by atoms with Crippen LogP contribution in [0.1, 0.15) is 51.9 Å². The lowest BCUT2D eigenvalue weighted by atomic mass is 9.87. The molecular formula is C24H25NO4.